The molecule has 4 rings (SSSR count). The van der Waals surface area contributed by atoms with Gasteiger partial charge in [0.25, 0.3) is 0 Å². The fraction of sp³-hybridized carbons (Fsp3) is 0.682. The van der Waals surface area contributed by atoms with Gasteiger partial charge in [0.1, 0.15) is 0 Å². The monoisotopic (exact) mass is 388 g/mol. The number of rotatable bonds is 3. The predicted octanol–water partition coefficient (Wildman–Crippen LogP) is 2.58. The summed E-state index contributed by atoms with van der Waals surface area (Å²) < 4.78 is 17.5. The topological polar surface area (TPSA) is 51.2 Å². The molecular formula is C22H32N2O4. The molecule has 6 nitrogen and oxygen atoms in total. The van der Waals surface area contributed by atoms with E-state index in [9.17, 15) is 4.79 Å². The van der Waals surface area contributed by atoms with Gasteiger partial charge in [-0.25, -0.2) is 0 Å². The fourth-order valence-corrected chi connectivity index (χ4v) is 5.20. The van der Waals surface area contributed by atoms with E-state index in [0.717, 1.165) is 76.4 Å². The number of carbonyl (C=O) groups excluding carboxylic acids is 1. The number of fused-ring (bicyclic) bond motifs is 2. The first-order chi connectivity index (χ1) is 13.6. The summed E-state index contributed by atoms with van der Waals surface area (Å²) in [7, 11) is 3.38. The van der Waals surface area contributed by atoms with Gasteiger partial charge in [0.2, 0.25) is 5.91 Å². The Morgan fingerprint density at radius 2 is 1.71 bits per heavy atom. The third-order valence-corrected chi connectivity index (χ3v) is 6.88. The summed E-state index contributed by atoms with van der Waals surface area (Å²) in [4.78, 5) is 16.2. The van der Waals surface area contributed by atoms with Crippen LogP contribution in [0.3, 0.4) is 0 Å². The predicted molar refractivity (Wildman–Crippen MR) is 107 cm³/mol. The van der Waals surface area contributed by atoms with Gasteiger partial charge in [-0.1, -0.05) is 0 Å². The average Bonchev–Trinajstić information content (AvgIpc) is 2.74. The molecule has 0 unspecified atom stereocenters. The first-order valence-electron chi connectivity index (χ1n) is 10.5. The highest BCUT2D eigenvalue weighted by atomic mass is 16.5. The number of carbonyl (C=O) groups is 1. The van der Waals surface area contributed by atoms with E-state index in [-0.39, 0.29) is 11.5 Å². The normalized spacial score (nSPS) is 22.8. The maximum absolute atomic E-state index is 11.6. The van der Waals surface area contributed by atoms with Gasteiger partial charge in [-0.15, -0.1) is 0 Å². The molecule has 0 aromatic heterocycles. The lowest BCUT2D eigenvalue weighted by atomic mass is 9.78. The van der Waals surface area contributed by atoms with E-state index in [1.54, 1.807) is 21.1 Å². The molecule has 0 N–H and O–H groups in total. The van der Waals surface area contributed by atoms with E-state index in [1.165, 1.54) is 11.1 Å². The third kappa shape index (κ3) is 3.48. The van der Waals surface area contributed by atoms with Crippen molar-refractivity contribution in [1.29, 1.82) is 0 Å². The molecule has 1 aromatic carbocycles. The molecule has 0 aliphatic carbocycles. The fourth-order valence-electron chi connectivity index (χ4n) is 5.20. The second kappa shape index (κ2) is 7.91. The lowest BCUT2D eigenvalue weighted by Crippen LogP contribution is -2.52. The summed E-state index contributed by atoms with van der Waals surface area (Å²) in [5.74, 6) is 1.78. The first-order valence-corrected chi connectivity index (χ1v) is 10.5. The lowest BCUT2D eigenvalue weighted by molar-refractivity contribution is -0.131. The van der Waals surface area contributed by atoms with Gasteiger partial charge in [-0.3, -0.25) is 4.79 Å². The lowest BCUT2D eigenvalue weighted by Gasteiger charge is -2.48. The Bertz CT molecular complexity index is 719. The van der Waals surface area contributed by atoms with Crippen LogP contribution in [0, 0.1) is 0 Å². The van der Waals surface area contributed by atoms with Crippen molar-refractivity contribution in [2.45, 2.75) is 50.7 Å². The van der Waals surface area contributed by atoms with Crippen LogP contribution in [0.2, 0.25) is 0 Å². The summed E-state index contributed by atoms with van der Waals surface area (Å²) in [5.41, 5.74) is 2.40. The third-order valence-electron chi connectivity index (χ3n) is 6.88. The van der Waals surface area contributed by atoms with Crippen LogP contribution in [0.15, 0.2) is 12.1 Å². The molecule has 0 bridgehead atoms. The zero-order valence-corrected chi connectivity index (χ0v) is 17.3. The van der Waals surface area contributed by atoms with Gasteiger partial charge in [-0.05, 0) is 55.4 Å². The standard InChI is InChI=1S/C22H32N2O4/c1-16(25)23-9-4-18(5-10-23)24-11-7-22(8-12-24)19-15-21(27-3)20(26-2)14-17(19)6-13-28-22/h14-15,18H,4-13H2,1-3H3. The maximum atomic E-state index is 11.6. The van der Waals surface area contributed by atoms with Crippen LogP contribution in [0.4, 0.5) is 0 Å². The molecular weight excluding hydrogens is 356 g/mol. The molecule has 0 radical (unpaired) electrons. The van der Waals surface area contributed by atoms with Crippen LogP contribution in [-0.2, 0) is 21.6 Å². The van der Waals surface area contributed by atoms with E-state index in [0.29, 0.717) is 6.04 Å². The largest absolute Gasteiger partial charge is 0.493 e. The van der Waals surface area contributed by atoms with Crippen molar-refractivity contribution in [3.63, 3.8) is 0 Å². The van der Waals surface area contributed by atoms with Crippen LogP contribution in [0.1, 0.15) is 43.7 Å². The molecule has 28 heavy (non-hydrogen) atoms. The minimum Gasteiger partial charge on any atom is -0.493 e. The number of likely N-dealkylation sites (tertiary alicyclic amines) is 2. The van der Waals surface area contributed by atoms with E-state index in [1.807, 2.05) is 4.90 Å². The van der Waals surface area contributed by atoms with Crippen LogP contribution in [0.25, 0.3) is 0 Å². The van der Waals surface area contributed by atoms with Crippen molar-refractivity contribution < 1.29 is 19.0 Å². The zero-order valence-electron chi connectivity index (χ0n) is 17.3. The van der Waals surface area contributed by atoms with Gasteiger partial charge in [-0.2, -0.15) is 0 Å². The minimum absolute atomic E-state index is 0.202. The molecule has 1 aromatic rings. The van der Waals surface area contributed by atoms with Crippen LogP contribution in [0.5, 0.6) is 11.5 Å². The Hall–Kier alpha value is -1.79. The number of amides is 1. The number of ether oxygens (including phenoxy) is 3. The number of methoxy groups -OCH3 is 2. The Labute approximate surface area is 167 Å². The van der Waals surface area contributed by atoms with Crippen molar-refractivity contribution in [1.82, 2.24) is 9.80 Å². The number of hydrogen-bond donors (Lipinski definition) is 0. The first kappa shape index (κ1) is 19.5. The molecule has 154 valence electrons. The maximum Gasteiger partial charge on any atom is 0.219 e. The number of benzene rings is 1. The summed E-state index contributed by atoms with van der Waals surface area (Å²) in [6, 6.07) is 4.85. The molecule has 2 fully saturated rings. The Balaban J connectivity index is 1.47. The van der Waals surface area contributed by atoms with Crippen LogP contribution >= 0.6 is 0 Å². The SMILES string of the molecule is COc1cc2c(cc1OC)C1(CCN(C3CCN(C(C)=O)CC3)CC1)OCC2. The molecule has 3 aliphatic rings. The van der Waals surface area contributed by atoms with Crippen molar-refractivity contribution in [3.05, 3.63) is 23.3 Å². The van der Waals surface area contributed by atoms with E-state index < -0.39 is 0 Å². The molecule has 1 spiro atoms. The van der Waals surface area contributed by atoms with Gasteiger partial charge in [0.15, 0.2) is 11.5 Å². The second-order valence-corrected chi connectivity index (χ2v) is 8.23. The molecule has 0 saturated carbocycles. The van der Waals surface area contributed by atoms with Gasteiger partial charge in [0.05, 0.1) is 26.4 Å². The molecule has 3 heterocycles. The van der Waals surface area contributed by atoms with Crippen molar-refractivity contribution in [2.75, 3.05) is 47.0 Å². The second-order valence-electron chi connectivity index (χ2n) is 8.23. The number of hydrogen-bond acceptors (Lipinski definition) is 5. The Kier molecular flexibility index (Phi) is 5.52. The molecule has 2 saturated heterocycles. The average molecular weight is 389 g/mol. The summed E-state index contributed by atoms with van der Waals surface area (Å²) in [5, 5.41) is 0. The Morgan fingerprint density at radius 3 is 2.32 bits per heavy atom. The van der Waals surface area contributed by atoms with Gasteiger partial charge < -0.3 is 24.0 Å². The van der Waals surface area contributed by atoms with Crippen molar-refractivity contribution >= 4 is 5.91 Å². The quantitative estimate of drug-likeness (QED) is 0.797. The van der Waals surface area contributed by atoms with Gasteiger partial charge >= 0.3 is 0 Å². The number of nitrogens with zero attached hydrogens (tertiary/aromatic N) is 2. The van der Waals surface area contributed by atoms with Crippen molar-refractivity contribution in [3.8, 4) is 11.5 Å². The highest BCUT2D eigenvalue weighted by Crippen LogP contribution is 2.45. The van der Waals surface area contributed by atoms with E-state index in [4.69, 9.17) is 14.2 Å². The minimum atomic E-state index is -0.205. The molecule has 6 heteroatoms. The van der Waals surface area contributed by atoms with Crippen LogP contribution in [-0.4, -0.2) is 68.8 Å². The summed E-state index contributed by atoms with van der Waals surface area (Å²) >= 11 is 0. The molecule has 1 amide bonds. The Morgan fingerprint density at radius 1 is 1.07 bits per heavy atom. The van der Waals surface area contributed by atoms with E-state index in [2.05, 4.69) is 17.0 Å². The molecule has 3 aliphatic heterocycles. The smallest absolute Gasteiger partial charge is 0.219 e. The summed E-state index contributed by atoms with van der Waals surface area (Å²) in [6.45, 7) is 6.29. The highest BCUT2D eigenvalue weighted by Gasteiger charge is 2.43. The zero-order chi connectivity index (χ0) is 19.7. The van der Waals surface area contributed by atoms with Crippen LogP contribution < -0.4 is 9.47 Å². The highest BCUT2D eigenvalue weighted by molar-refractivity contribution is 5.73. The van der Waals surface area contributed by atoms with Crippen molar-refractivity contribution in [2.24, 2.45) is 0 Å². The molecule has 0 atom stereocenters. The summed E-state index contributed by atoms with van der Waals surface area (Å²) in [6.07, 6.45) is 5.08. The van der Waals surface area contributed by atoms with Gasteiger partial charge in [0, 0.05) is 39.1 Å². The van der Waals surface area contributed by atoms with E-state index >= 15 is 0 Å². The number of piperidine rings is 2.